The summed E-state index contributed by atoms with van der Waals surface area (Å²) in [6.07, 6.45) is 0.105. The molecule has 0 bridgehead atoms. The van der Waals surface area contributed by atoms with E-state index in [9.17, 15) is 0 Å². The van der Waals surface area contributed by atoms with Crippen molar-refractivity contribution in [3.63, 3.8) is 0 Å². The molecule has 0 unspecified atom stereocenters. The van der Waals surface area contributed by atoms with Crippen LogP contribution in [-0.4, -0.2) is 23.9 Å². The second-order valence-corrected chi connectivity index (χ2v) is 4.53. The minimum Gasteiger partial charge on any atom is -0.475 e. The highest BCUT2D eigenvalue weighted by molar-refractivity contribution is 6.15. The van der Waals surface area contributed by atoms with Crippen molar-refractivity contribution < 1.29 is 4.74 Å². The highest BCUT2D eigenvalue weighted by atomic mass is 16.5. The number of rotatable bonds is 3. The van der Waals surface area contributed by atoms with Crippen LogP contribution in [-0.2, 0) is 5.31 Å². The third kappa shape index (κ3) is 3.53. The molecular formula is C11H17BN2O. The first kappa shape index (κ1) is 12.0. The zero-order valence-electron chi connectivity index (χ0n) is 10.0. The van der Waals surface area contributed by atoms with Crippen molar-refractivity contribution >= 4 is 7.85 Å². The quantitative estimate of drug-likeness (QED) is 0.706. The Morgan fingerprint density at radius 1 is 1.33 bits per heavy atom. The third-order valence-electron chi connectivity index (χ3n) is 1.83. The molecule has 1 heterocycles. The largest absolute Gasteiger partial charge is 0.475 e. The predicted octanol–water partition coefficient (Wildman–Crippen LogP) is 1.98. The van der Waals surface area contributed by atoms with Crippen molar-refractivity contribution in [2.24, 2.45) is 0 Å². The fourth-order valence-electron chi connectivity index (χ4n) is 1.17. The van der Waals surface area contributed by atoms with Crippen LogP contribution in [0.25, 0.3) is 0 Å². The van der Waals surface area contributed by atoms with Gasteiger partial charge in [0, 0.05) is 11.8 Å². The van der Waals surface area contributed by atoms with Gasteiger partial charge in [0.2, 0.25) is 5.88 Å². The van der Waals surface area contributed by atoms with E-state index in [2.05, 4.69) is 9.97 Å². The molecule has 0 spiro atoms. The Morgan fingerprint density at radius 3 is 2.40 bits per heavy atom. The molecule has 15 heavy (non-hydrogen) atoms. The molecule has 0 aromatic carbocycles. The van der Waals surface area contributed by atoms with Gasteiger partial charge in [0.05, 0.1) is 14.0 Å². The highest BCUT2D eigenvalue weighted by Crippen LogP contribution is 2.20. The molecule has 0 aliphatic carbocycles. The van der Waals surface area contributed by atoms with Gasteiger partial charge in [0.1, 0.15) is 5.82 Å². The average Bonchev–Trinajstić information content (AvgIpc) is 1.99. The predicted molar refractivity (Wildman–Crippen MR) is 61.3 cm³/mol. The molecule has 0 fully saturated rings. The number of aromatic nitrogens is 2. The number of nitrogens with zero attached hydrogens (tertiary/aromatic N) is 2. The van der Waals surface area contributed by atoms with Gasteiger partial charge in [0.25, 0.3) is 0 Å². The van der Waals surface area contributed by atoms with E-state index in [0.717, 1.165) is 5.69 Å². The maximum Gasteiger partial charge on any atom is 0.217 e. The summed E-state index contributed by atoms with van der Waals surface area (Å²) >= 11 is 0. The molecule has 0 N–H and O–H groups in total. The summed E-state index contributed by atoms with van der Waals surface area (Å²) in [5.74, 6) is 1.27. The fraction of sp³-hybridized carbons (Fsp3) is 0.636. The Hall–Kier alpha value is -1.06. The molecule has 0 atom stereocenters. The Morgan fingerprint density at radius 2 is 1.93 bits per heavy atom. The molecule has 2 radical (unpaired) electrons. The van der Waals surface area contributed by atoms with Gasteiger partial charge in [-0.05, 0) is 26.1 Å². The number of aryl methyl sites for hydroxylation is 1. The molecule has 80 valence electrons. The van der Waals surface area contributed by atoms with Crippen molar-refractivity contribution in [3.05, 3.63) is 17.6 Å². The minimum absolute atomic E-state index is 0.105. The molecule has 0 amide bonds. The van der Waals surface area contributed by atoms with E-state index in [1.165, 1.54) is 0 Å². The van der Waals surface area contributed by atoms with Gasteiger partial charge in [-0.2, -0.15) is 4.98 Å². The van der Waals surface area contributed by atoms with E-state index >= 15 is 0 Å². The lowest BCUT2D eigenvalue weighted by Gasteiger charge is -2.19. The smallest absolute Gasteiger partial charge is 0.217 e. The Kier molecular flexibility index (Phi) is 3.37. The Bertz CT molecular complexity index is 345. The van der Waals surface area contributed by atoms with E-state index in [1.54, 1.807) is 6.07 Å². The Balaban J connectivity index is 3.06. The summed E-state index contributed by atoms with van der Waals surface area (Å²) in [5.41, 5.74) is 0.797. The zero-order chi connectivity index (χ0) is 11.6. The minimum atomic E-state index is -0.469. The molecule has 3 nitrogen and oxygen atoms in total. The highest BCUT2D eigenvalue weighted by Gasteiger charge is 2.17. The summed E-state index contributed by atoms with van der Waals surface area (Å²) in [6.45, 7) is 9.58. The van der Waals surface area contributed by atoms with Crippen LogP contribution in [0.5, 0.6) is 5.88 Å². The van der Waals surface area contributed by atoms with Crippen molar-refractivity contribution in [3.8, 4) is 5.88 Å². The number of ether oxygens (including phenoxy) is 1. The SMILES string of the molecule is [B]C(C)(C)c1cc(OC(C)C)nc(C)n1. The number of hydrogen-bond acceptors (Lipinski definition) is 3. The van der Waals surface area contributed by atoms with Crippen molar-refractivity contribution in [1.29, 1.82) is 0 Å². The molecule has 1 aromatic heterocycles. The van der Waals surface area contributed by atoms with E-state index < -0.39 is 5.31 Å². The summed E-state index contributed by atoms with van der Waals surface area (Å²) in [5, 5.41) is -0.469. The summed E-state index contributed by atoms with van der Waals surface area (Å²) in [4.78, 5) is 8.49. The molecule has 1 rings (SSSR count). The maximum absolute atomic E-state index is 5.98. The Labute approximate surface area is 92.7 Å². The van der Waals surface area contributed by atoms with Crippen LogP contribution < -0.4 is 4.74 Å². The van der Waals surface area contributed by atoms with Crippen molar-refractivity contribution in [2.45, 2.75) is 46.0 Å². The lowest BCUT2D eigenvalue weighted by atomic mass is 9.70. The molecular weight excluding hydrogens is 187 g/mol. The lowest BCUT2D eigenvalue weighted by molar-refractivity contribution is 0.231. The van der Waals surface area contributed by atoms with Gasteiger partial charge in [-0.3, -0.25) is 0 Å². The van der Waals surface area contributed by atoms with Gasteiger partial charge >= 0.3 is 0 Å². The number of hydrogen-bond donors (Lipinski definition) is 0. The van der Waals surface area contributed by atoms with Gasteiger partial charge in [-0.25, -0.2) is 4.98 Å². The first-order chi connectivity index (χ1) is 6.79. The second-order valence-electron chi connectivity index (χ2n) is 4.53. The summed E-state index contributed by atoms with van der Waals surface area (Å²) in [7, 11) is 5.98. The van der Waals surface area contributed by atoms with Crippen molar-refractivity contribution in [1.82, 2.24) is 9.97 Å². The molecule has 0 saturated carbocycles. The lowest BCUT2D eigenvalue weighted by Crippen LogP contribution is -2.20. The van der Waals surface area contributed by atoms with Crippen LogP contribution in [0.4, 0.5) is 0 Å². The first-order valence-electron chi connectivity index (χ1n) is 5.10. The second kappa shape index (κ2) is 4.21. The third-order valence-corrected chi connectivity index (χ3v) is 1.83. The maximum atomic E-state index is 5.98. The summed E-state index contributed by atoms with van der Waals surface area (Å²) < 4.78 is 5.52. The summed E-state index contributed by atoms with van der Waals surface area (Å²) in [6, 6.07) is 1.80. The van der Waals surface area contributed by atoms with E-state index in [4.69, 9.17) is 12.6 Å². The normalized spacial score (nSPS) is 11.9. The van der Waals surface area contributed by atoms with Crippen LogP contribution in [0, 0.1) is 6.92 Å². The van der Waals surface area contributed by atoms with Gasteiger partial charge in [0.15, 0.2) is 0 Å². The fourth-order valence-corrected chi connectivity index (χ4v) is 1.17. The zero-order valence-corrected chi connectivity index (χ0v) is 10.0. The van der Waals surface area contributed by atoms with Crippen LogP contribution >= 0.6 is 0 Å². The van der Waals surface area contributed by atoms with Crippen LogP contribution in [0.2, 0.25) is 0 Å². The average molecular weight is 204 g/mol. The van der Waals surface area contributed by atoms with Gasteiger partial charge < -0.3 is 4.74 Å². The monoisotopic (exact) mass is 204 g/mol. The molecule has 4 heteroatoms. The van der Waals surface area contributed by atoms with Crippen LogP contribution in [0.3, 0.4) is 0 Å². The van der Waals surface area contributed by atoms with E-state index in [1.807, 2.05) is 34.6 Å². The molecule has 0 saturated heterocycles. The topological polar surface area (TPSA) is 35.0 Å². The molecule has 0 aliphatic heterocycles. The van der Waals surface area contributed by atoms with E-state index in [0.29, 0.717) is 11.7 Å². The van der Waals surface area contributed by atoms with Gasteiger partial charge in [-0.15, -0.1) is 0 Å². The standard InChI is InChI=1S/C11H17BN2O/c1-7(2)15-10-6-9(11(4,5)12)13-8(3)14-10/h6-7H,1-5H3. The van der Waals surface area contributed by atoms with Gasteiger partial charge in [-0.1, -0.05) is 13.8 Å². The van der Waals surface area contributed by atoms with Crippen molar-refractivity contribution in [2.75, 3.05) is 0 Å². The first-order valence-corrected chi connectivity index (χ1v) is 5.10. The van der Waals surface area contributed by atoms with E-state index in [-0.39, 0.29) is 6.10 Å². The van der Waals surface area contributed by atoms with Crippen LogP contribution in [0.15, 0.2) is 6.07 Å². The molecule has 1 aromatic rings. The van der Waals surface area contributed by atoms with Crippen LogP contribution in [0.1, 0.15) is 39.2 Å². The molecule has 0 aliphatic rings.